The Hall–Kier alpha value is -2.58. The molecule has 0 N–H and O–H groups in total. The summed E-state index contributed by atoms with van der Waals surface area (Å²) in [6.07, 6.45) is 1.75. The van der Waals surface area contributed by atoms with E-state index in [1.54, 1.807) is 13.3 Å². The van der Waals surface area contributed by atoms with Gasteiger partial charge in [-0.25, -0.2) is 4.98 Å². The van der Waals surface area contributed by atoms with Crippen LogP contribution in [0.4, 0.5) is 5.82 Å². The predicted molar refractivity (Wildman–Crippen MR) is 89.4 cm³/mol. The highest BCUT2D eigenvalue weighted by Gasteiger charge is 2.20. The lowest BCUT2D eigenvalue weighted by Gasteiger charge is -2.35. The Morgan fingerprint density at radius 1 is 1.13 bits per heavy atom. The van der Waals surface area contributed by atoms with Crippen molar-refractivity contribution < 1.29 is 4.74 Å². The van der Waals surface area contributed by atoms with Crippen molar-refractivity contribution >= 4 is 5.82 Å². The zero-order valence-corrected chi connectivity index (χ0v) is 13.3. The SMILES string of the molecule is COc1ccc(CN2CCN(c3ncccc3C#N)CC2)cc1. The number of hydrogen-bond donors (Lipinski definition) is 0. The number of aromatic nitrogens is 1. The molecule has 0 radical (unpaired) electrons. The van der Waals surface area contributed by atoms with Crippen molar-refractivity contribution in [2.45, 2.75) is 6.54 Å². The van der Waals surface area contributed by atoms with E-state index in [1.807, 2.05) is 24.3 Å². The molecule has 1 aliphatic rings. The van der Waals surface area contributed by atoms with E-state index in [0.29, 0.717) is 5.56 Å². The highest BCUT2D eigenvalue weighted by molar-refractivity contribution is 5.53. The molecule has 3 rings (SSSR count). The lowest BCUT2D eigenvalue weighted by molar-refractivity contribution is 0.249. The van der Waals surface area contributed by atoms with Gasteiger partial charge in [-0.3, -0.25) is 4.90 Å². The summed E-state index contributed by atoms with van der Waals surface area (Å²) in [5.74, 6) is 1.69. The van der Waals surface area contributed by atoms with E-state index in [-0.39, 0.29) is 0 Å². The fraction of sp³-hybridized carbons (Fsp3) is 0.333. The Labute approximate surface area is 136 Å². The van der Waals surface area contributed by atoms with Crippen molar-refractivity contribution in [3.05, 3.63) is 53.7 Å². The third-order valence-corrected chi connectivity index (χ3v) is 4.14. The molecule has 2 aromatic rings. The van der Waals surface area contributed by atoms with Gasteiger partial charge >= 0.3 is 0 Å². The van der Waals surface area contributed by atoms with Gasteiger partial charge in [0.05, 0.1) is 12.7 Å². The van der Waals surface area contributed by atoms with Crippen molar-refractivity contribution in [3.63, 3.8) is 0 Å². The van der Waals surface area contributed by atoms with Crippen molar-refractivity contribution in [2.24, 2.45) is 0 Å². The van der Waals surface area contributed by atoms with Crippen LogP contribution in [0, 0.1) is 11.3 Å². The zero-order chi connectivity index (χ0) is 16.1. The van der Waals surface area contributed by atoms with E-state index < -0.39 is 0 Å². The fourth-order valence-electron chi connectivity index (χ4n) is 2.84. The highest BCUT2D eigenvalue weighted by atomic mass is 16.5. The van der Waals surface area contributed by atoms with Gasteiger partial charge in [0, 0.05) is 38.9 Å². The van der Waals surface area contributed by atoms with E-state index in [9.17, 15) is 5.26 Å². The topological polar surface area (TPSA) is 52.4 Å². The molecule has 0 bridgehead atoms. The summed E-state index contributed by atoms with van der Waals surface area (Å²) < 4.78 is 5.19. The van der Waals surface area contributed by atoms with Gasteiger partial charge in [-0.2, -0.15) is 5.26 Å². The largest absolute Gasteiger partial charge is 0.497 e. The van der Waals surface area contributed by atoms with Crippen LogP contribution in [0.2, 0.25) is 0 Å². The van der Waals surface area contributed by atoms with Crippen LogP contribution in [0.15, 0.2) is 42.6 Å². The summed E-state index contributed by atoms with van der Waals surface area (Å²) in [7, 11) is 1.68. The summed E-state index contributed by atoms with van der Waals surface area (Å²) >= 11 is 0. The van der Waals surface area contributed by atoms with Crippen molar-refractivity contribution in [1.82, 2.24) is 9.88 Å². The van der Waals surface area contributed by atoms with Crippen LogP contribution in [0.5, 0.6) is 5.75 Å². The molecule has 0 unspecified atom stereocenters. The summed E-state index contributed by atoms with van der Waals surface area (Å²) in [6, 6.07) is 14.1. The molecule has 1 aromatic heterocycles. The van der Waals surface area contributed by atoms with E-state index >= 15 is 0 Å². The Balaban J connectivity index is 1.59. The van der Waals surface area contributed by atoms with Crippen molar-refractivity contribution in [3.8, 4) is 11.8 Å². The first kappa shape index (κ1) is 15.3. The maximum atomic E-state index is 9.20. The van der Waals surface area contributed by atoms with Gasteiger partial charge in [-0.15, -0.1) is 0 Å². The normalized spacial score (nSPS) is 15.2. The summed E-state index contributed by atoms with van der Waals surface area (Å²) in [6.45, 7) is 4.65. The number of rotatable bonds is 4. The molecule has 1 saturated heterocycles. The van der Waals surface area contributed by atoms with Crippen LogP contribution < -0.4 is 9.64 Å². The molecule has 1 aromatic carbocycles. The van der Waals surface area contributed by atoms with E-state index in [4.69, 9.17) is 4.74 Å². The number of hydrogen-bond acceptors (Lipinski definition) is 5. The van der Waals surface area contributed by atoms with Gasteiger partial charge in [-0.1, -0.05) is 12.1 Å². The van der Waals surface area contributed by atoms with Crippen LogP contribution in [0.25, 0.3) is 0 Å². The minimum Gasteiger partial charge on any atom is -0.497 e. The maximum absolute atomic E-state index is 9.20. The Morgan fingerprint density at radius 3 is 2.52 bits per heavy atom. The summed E-state index contributed by atoms with van der Waals surface area (Å²) in [5.41, 5.74) is 1.94. The number of nitriles is 1. The minimum atomic E-state index is 0.649. The van der Waals surface area contributed by atoms with E-state index in [2.05, 4.69) is 33.0 Å². The van der Waals surface area contributed by atoms with Crippen LogP contribution in [0.1, 0.15) is 11.1 Å². The number of benzene rings is 1. The number of ether oxygens (including phenoxy) is 1. The maximum Gasteiger partial charge on any atom is 0.146 e. The number of nitrogens with zero attached hydrogens (tertiary/aromatic N) is 4. The first-order valence-electron chi connectivity index (χ1n) is 7.75. The van der Waals surface area contributed by atoms with Gasteiger partial charge in [0.1, 0.15) is 17.6 Å². The van der Waals surface area contributed by atoms with E-state index in [0.717, 1.165) is 44.3 Å². The zero-order valence-electron chi connectivity index (χ0n) is 13.3. The average molecular weight is 308 g/mol. The first-order valence-corrected chi connectivity index (χ1v) is 7.75. The van der Waals surface area contributed by atoms with Gasteiger partial charge in [0.15, 0.2) is 0 Å². The highest BCUT2D eigenvalue weighted by Crippen LogP contribution is 2.19. The Bertz CT molecular complexity index is 685. The summed E-state index contributed by atoms with van der Waals surface area (Å²) in [4.78, 5) is 8.99. The third kappa shape index (κ3) is 3.61. The van der Waals surface area contributed by atoms with Crippen molar-refractivity contribution in [2.75, 3.05) is 38.2 Å². The van der Waals surface area contributed by atoms with Crippen LogP contribution in [-0.4, -0.2) is 43.2 Å². The van der Waals surface area contributed by atoms with Gasteiger partial charge in [0.25, 0.3) is 0 Å². The van der Waals surface area contributed by atoms with Gasteiger partial charge in [-0.05, 0) is 29.8 Å². The molecule has 0 amide bonds. The second-order valence-electron chi connectivity index (χ2n) is 5.60. The first-order chi connectivity index (χ1) is 11.3. The molecule has 5 heteroatoms. The number of piperazine rings is 1. The monoisotopic (exact) mass is 308 g/mol. The quantitative estimate of drug-likeness (QED) is 0.867. The Morgan fingerprint density at radius 2 is 1.87 bits per heavy atom. The standard InChI is InChI=1S/C18H20N4O/c1-23-17-6-4-15(5-7-17)14-21-9-11-22(12-10-21)18-16(13-19)3-2-8-20-18/h2-8H,9-12,14H2,1H3. The lowest BCUT2D eigenvalue weighted by Crippen LogP contribution is -2.46. The smallest absolute Gasteiger partial charge is 0.146 e. The average Bonchev–Trinajstić information content (AvgIpc) is 2.63. The van der Waals surface area contributed by atoms with Crippen LogP contribution in [-0.2, 0) is 6.54 Å². The molecule has 0 atom stereocenters. The summed E-state index contributed by atoms with van der Waals surface area (Å²) in [5, 5.41) is 9.20. The molecule has 2 heterocycles. The molecule has 0 aliphatic carbocycles. The minimum absolute atomic E-state index is 0.649. The fourth-order valence-corrected chi connectivity index (χ4v) is 2.84. The lowest BCUT2D eigenvalue weighted by atomic mass is 10.2. The second-order valence-corrected chi connectivity index (χ2v) is 5.60. The second kappa shape index (κ2) is 7.12. The Kier molecular flexibility index (Phi) is 4.74. The molecule has 118 valence electrons. The van der Waals surface area contributed by atoms with Gasteiger partial charge in [0.2, 0.25) is 0 Å². The van der Waals surface area contributed by atoms with Gasteiger partial charge < -0.3 is 9.64 Å². The molecule has 0 saturated carbocycles. The molecule has 1 fully saturated rings. The van der Waals surface area contributed by atoms with E-state index in [1.165, 1.54) is 5.56 Å². The molecular weight excluding hydrogens is 288 g/mol. The number of pyridine rings is 1. The molecule has 23 heavy (non-hydrogen) atoms. The van der Waals surface area contributed by atoms with Crippen molar-refractivity contribution in [1.29, 1.82) is 5.26 Å². The third-order valence-electron chi connectivity index (χ3n) is 4.14. The number of anilines is 1. The molecular formula is C18H20N4O. The molecule has 1 aliphatic heterocycles. The van der Waals surface area contributed by atoms with Crippen LogP contribution in [0.3, 0.4) is 0 Å². The number of methoxy groups -OCH3 is 1. The van der Waals surface area contributed by atoms with Crippen LogP contribution >= 0.6 is 0 Å². The predicted octanol–water partition coefficient (Wildman–Crippen LogP) is 2.28. The molecule has 0 spiro atoms. The molecule has 5 nitrogen and oxygen atoms in total.